The molecular formula is C17H15NO4. The maximum Gasteiger partial charge on any atom is 0.338 e. The van der Waals surface area contributed by atoms with Crippen molar-refractivity contribution in [2.75, 3.05) is 6.61 Å². The molecule has 5 heteroatoms. The predicted octanol–water partition coefficient (Wildman–Crippen LogP) is 3.86. The van der Waals surface area contributed by atoms with E-state index in [-0.39, 0.29) is 18.3 Å². The van der Waals surface area contributed by atoms with Crippen LogP contribution < -0.4 is 0 Å². The molecule has 5 nitrogen and oxygen atoms in total. The Morgan fingerprint density at radius 3 is 2.36 bits per heavy atom. The van der Waals surface area contributed by atoms with Crippen molar-refractivity contribution in [1.82, 2.24) is 0 Å². The van der Waals surface area contributed by atoms with Crippen molar-refractivity contribution in [3.8, 4) is 0 Å². The van der Waals surface area contributed by atoms with Gasteiger partial charge in [-0.05, 0) is 42.3 Å². The predicted molar refractivity (Wildman–Crippen MR) is 83.5 cm³/mol. The molecule has 0 aliphatic carbocycles. The third-order valence-electron chi connectivity index (χ3n) is 2.96. The minimum Gasteiger partial charge on any atom is -0.458 e. The van der Waals surface area contributed by atoms with Crippen molar-refractivity contribution in [1.29, 1.82) is 0 Å². The zero-order valence-corrected chi connectivity index (χ0v) is 12.1. The Bertz CT molecular complexity index is 690. The van der Waals surface area contributed by atoms with E-state index in [0.29, 0.717) is 5.56 Å². The van der Waals surface area contributed by atoms with E-state index >= 15 is 0 Å². The van der Waals surface area contributed by atoms with Crippen LogP contribution >= 0.6 is 0 Å². The van der Waals surface area contributed by atoms with Gasteiger partial charge in [-0.15, -0.1) is 0 Å². The first-order chi connectivity index (χ1) is 10.6. The molecule has 0 fully saturated rings. The summed E-state index contributed by atoms with van der Waals surface area (Å²) in [5.74, 6) is -0.378. The molecule has 0 aromatic heterocycles. The molecule has 0 saturated carbocycles. The summed E-state index contributed by atoms with van der Waals surface area (Å²) in [5, 5.41) is 10.6. The van der Waals surface area contributed by atoms with Crippen LogP contribution in [-0.2, 0) is 4.74 Å². The average Bonchev–Trinajstić information content (AvgIpc) is 2.54. The summed E-state index contributed by atoms with van der Waals surface area (Å²) in [6.45, 7) is 2.00. The minimum absolute atomic E-state index is 0.0466. The topological polar surface area (TPSA) is 69.4 Å². The first kappa shape index (κ1) is 15.4. The summed E-state index contributed by atoms with van der Waals surface area (Å²) in [7, 11) is 0. The zero-order chi connectivity index (χ0) is 15.9. The highest BCUT2D eigenvalue weighted by Crippen LogP contribution is 2.14. The summed E-state index contributed by atoms with van der Waals surface area (Å²) in [6.07, 6.45) is 1.82. The molecule has 0 unspecified atom stereocenters. The van der Waals surface area contributed by atoms with E-state index in [2.05, 4.69) is 0 Å². The number of ether oxygens (including phenoxy) is 1. The number of esters is 1. The van der Waals surface area contributed by atoms with Crippen LogP contribution in [0.3, 0.4) is 0 Å². The van der Waals surface area contributed by atoms with Crippen LogP contribution in [0.2, 0.25) is 0 Å². The van der Waals surface area contributed by atoms with Gasteiger partial charge in [0.15, 0.2) is 0 Å². The quantitative estimate of drug-likeness (QED) is 0.477. The number of benzene rings is 2. The molecular weight excluding hydrogens is 282 g/mol. The van der Waals surface area contributed by atoms with E-state index < -0.39 is 4.92 Å². The van der Waals surface area contributed by atoms with Crippen LogP contribution in [0.4, 0.5) is 5.69 Å². The van der Waals surface area contributed by atoms with Gasteiger partial charge in [0.1, 0.15) is 6.61 Å². The molecule has 0 radical (unpaired) electrons. The molecule has 0 aliphatic heterocycles. The third kappa shape index (κ3) is 4.28. The molecule has 2 aromatic rings. The first-order valence-corrected chi connectivity index (χ1v) is 6.70. The Morgan fingerprint density at radius 1 is 1.14 bits per heavy atom. The van der Waals surface area contributed by atoms with Gasteiger partial charge in [-0.25, -0.2) is 4.79 Å². The van der Waals surface area contributed by atoms with Crippen molar-refractivity contribution in [2.24, 2.45) is 0 Å². The lowest BCUT2D eigenvalue weighted by atomic mass is 10.1. The normalized spacial score (nSPS) is 11.0. The average molecular weight is 297 g/mol. The molecule has 22 heavy (non-hydrogen) atoms. The Morgan fingerprint density at radius 2 is 1.77 bits per heavy atom. The highest BCUT2D eigenvalue weighted by molar-refractivity contribution is 5.89. The monoisotopic (exact) mass is 297 g/mol. The summed E-state index contributed by atoms with van der Waals surface area (Å²) in [4.78, 5) is 21.9. The van der Waals surface area contributed by atoms with Crippen molar-refractivity contribution >= 4 is 17.7 Å². The summed E-state index contributed by atoms with van der Waals surface area (Å²) >= 11 is 0. The van der Waals surface area contributed by atoms with E-state index in [0.717, 1.165) is 11.1 Å². The Kier molecular flexibility index (Phi) is 5.03. The summed E-state index contributed by atoms with van der Waals surface area (Å²) in [6, 6.07) is 14.9. The molecule has 0 N–H and O–H groups in total. The summed E-state index contributed by atoms with van der Waals surface area (Å²) in [5.41, 5.74) is 2.22. The van der Waals surface area contributed by atoms with Crippen LogP contribution in [0.1, 0.15) is 22.8 Å². The number of carbonyl (C=O) groups is 1. The molecule has 0 bridgehead atoms. The van der Waals surface area contributed by atoms with Crippen LogP contribution in [0.5, 0.6) is 0 Å². The van der Waals surface area contributed by atoms with Crippen molar-refractivity contribution in [2.45, 2.75) is 6.92 Å². The Hall–Kier alpha value is -2.95. The molecule has 0 aliphatic rings. The minimum atomic E-state index is -0.442. The standard InChI is InChI=1S/C17H15NO4/c1-13(11-14-7-9-16(10-8-14)18(20)21)12-22-17(19)15-5-3-2-4-6-15/h2-11H,12H2,1H3/b13-11+. The lowest BCUT2D eigenvalue weighted by Gasteiger charge is -2.05. The number of hydrogen-bond acceptors (Lipinski definition) is 4. The molecule has 2 rings (SSSR count). The van der Waals surface area contributed by atoms with E-state index in [1.165, 1.54) is 12.1 Å². The molecule has 2 aromatic carbocycles. The van der Waals surface area contributed by atoms with Crippen molar-refractivity contribution < 1.29 is 14.5 Å². The van der Waals surface area contributed by atoms with Crippen molar-refractivity contribution in [3.05, 3.63) is 81.4 Å². The lowest BCUT2D eigenvalue weighted by Crippen LogP contribution is -2.06. The van der Waals surface area contributed by atoms with Gasteiger partial charge in [0.2, 0.25) is 0 Å². The van der Waals surface area contributed by atoms with E-state index in [1.807, 2.05) is 19.1 Å². The van der Waals surface area contributed by atoms with Crippen LogP contribution in [0.15, 0.2) is 60.2 Å². The Labute approximate surface area is 128 Å². The van der Waals surface area contributed by atoms with E-state index in [4.69, 9.17) is 4.74 Å². The van der Waals surface area contributed by atoms with Crippen LogP contribution in [-0.4, -0.2) is 17.5 Å². The Balaban J connectivity index is 1.95. The number of hydrogen-bond donors (Lipinski definition) is 0. The van der Waals surface area contributed by atoms with Gasteiger partial charge in [-0.1, -0.05) is 24.3 Å². The maximum absolute atomic E-state index is 11.8. The van der Waals surface area contributed by atoms with Gasteiger partial charge in [0.05, 0.1) is 10.5 Å². The number of rotatable bonds is 5. The number of nitro groups is 1. The second-order valence-electron chi connectivity index (χ2n) is 4.78. The number of non-ortho nitro benzene ring substituents is 1. The number of nitro benzene ring substituents is 1. The van der Waals surface area contributed by atoms with E-state index in [9.17, 15) is 14.9 Å². The lowest BCUT2D eigenvalue weighted by molar-refractivity contribution is -0.384. The zero-order valence-electron chi connectivity index (χ0n) is 12.1. The molecule has 112 valence electrons. The molecule has 0 saturated heterocycles. The fourth-order valence-corrected chi connectivity index (χ4v) is 1.86. The SMILES string of the molecule is C/C(=C\c1ccc([N+](=O)[O-])cc1)COC(=O)c1ccccc1. The highest BCUT2D eigenvalue weighted by atomic mass is 16.6. The van der Waals surface area contributed by atoms with Gasteiger partial charge in [-0.3, -0.25) is 10.1 Å². The highest BCUT2D eigenvalue weighted by Gasteiger charge is 2.06. The van der Waals surface area contributed by atoms with Gasteiger partial charge >= 0.3 is 5.97 Å². The molecule has 0 spiro atoms. The molecule has 0 atom stereocenters. The maximum atomic E-state index is 11.8. The molecule has 0 amide bonds. The number of nitrogens with zero attached hydrogens (tertiary/aromatic N) is 1. The number of carbonyl (C=O) groups excluding carboxylic acids is 1. The van der Waals surface area contributed by atoms with Crippen LogP contribution in [0, 0.1) is 10.1 Å². The second-order valence-corrected chi connectivity index (χ2v) is 4.78. The second kappa shape index (κ2) is 7.17. The van der Waals surface area contributed by atoms with Gasteiger partial charge in [-0.2, -0.15) is 0 Å². The first-order valence-electron chi connectivity index (χ1n) is 6.70. The van der Waals surface area contributed by atoms with Gasteiger partial charge in [0, 0.05) is 12.1 Å². The van der Waals surface area contributed by atoms with Gasteiger partial charge in [0.25, 0.3) is 5.69 Å². The van der Waals surface area contributed by atoms with Crippen molar-refractivity contribution in [3.63, 3.8) is 0 Å². The molecule has 0 heterocycles. The fraction of sp³-hybridized carbons (Fsp3) is 0.118. The smallest absolute Gasteiger partial charge is 0.338 e. The van der Waals surface area contributed by atoms with Crippen LogP contribution in [0.25, 0.3) is 6.08 Å². The van der Waals surface area contributed by atoms with E-state index in [1.54, 1.807) is 36.4 Å². The summed E-state index contributed by atoms with van der Waals surface area (Å²) < 4.78 is 5.21. The van der Waals surface area contributed by atoms with Gasteiger partial charge < -0.3 is 4.74 Å². The third-order valence-corrected chi connectivity index (χ3v) is 2.96. The largest absolute Gasteiger partial charge is 0.458 e. The fourth-order valence-electron chi connectivity index (χ4n) is 1.86.